The van der Waals surface area contributed by atoms with Crippen molar-refractivity contribution in [3.05, 3.63) is 47.5 Å². The van der Waals surface area contributed by atoms with Gasteiger partial charge >= 0.3 is 0 Å². The van der Waals surface area contributed by atoms with Gasteiger partial charge in [-0.1, -0.05) is 18.2 Å². The minimum absolute atomic E-state index is 0.280. The summed E-state index contributed by atoms with van der Waals surface area (Å²) in [5, 5.41) is 12.6. The van der Waals surface area contributed by atoms with Crippen LogP contribution in [-0.4, -0.2) is 52.4 Å². The number of rotatable bonds is 5. The van der Waals surface area contributed by atoms with Crippen LogP contribution in [0.2, 0.25) is 0 Å². The molecule has 0 fully saturated rings. The first-order valence-corrected chi connectivity index (χ1v) is 10.5. The molecular formula is C22H30N8. The Bertz CT molecular complexity index is 1050. The molecule has 0 amide bonds. The van der Waals surface area contributed by atoms with Gasteiger partial charge in [-0.05, 0) is 38.0 Å². The van der Waals surface area contributed by atoms with Crippen molar-refractivity contribution in [3.8, 4) is 0 Å². The van der Waals surface area contributed by atoms with Gasteiger partial charge in [0.2, 0.25) is 0 Å². The Balaban J connectivity index is 1.55. The average molecular weight is 407 g/mol. The van der Waals surface area contributed by atoms with Crippen LogP contribution in [0, 0.1) is 6.92 Å². The highest BCUT2D eigenvalue weighted by Crippen LogP contribution is 2.23. The van der Waals surface area contributed by atoms with Crippen molar-refractivity contribution in [2.24, 2.45) is 4.99 Å². The number of nitrogens with one attached hydrogen (secondary N) is 2. The third kappa shape index (κ3) is 4.37. The zero-order valence-corrected chi connectivity index (χ0v) is 18.2. The summed E-state index contributed by atoms with van der Waals surface area (Å²) >= 11 is 0. The van der Waals surface area contributed by atoms with E-state index in [0.29, 0.717) is 6.54 Å². The van der Waals surface area contributed by atoms with Gasteiger partial charge in [0, 0.05) is 38.5 Å². The Kier molecular flexibility index (Phi) is 5.83. The van der Waals surface area contributed by atoms with E-state index in [2.05, 4.69) is 51.9 Å². The minimum atomic E-state index is 0.280. The van der Waals surface area contributed by atoms with E-state index in [4.69, 9.17) is 9.98 Å². The SMILES string of the molecule is CCNC(=NCc1cc(N(C)C)nc2ccccc12)NC1CCc2nc(C)nn2C1. The number of benzene rings is 1. The van der Waals surface area contributed by atoms with Crippen molar-refractivity contribution < 1.29 is 0 Å². The second-order valence-electron chi connectivity index (χ2n) is 7.88. The molecule has 3 heterocycles. The van der Waals surface area contributed by atoms with E-state index in [-0.39, 0.29) is 6.04 Å². The van der Waals surface area contributed by atoms with Crippen molar-refractivity contribution in [2.75, 3.05) is 25.5 Å². The molecule has 30 heavy (non-hydrogen) atoms. The summed E-state index contributed by atoms with van der Waals surface area (Å²) < 4.78 is 2.01. The number of aryl methyl sites for hydroxylation is 2. The zero-order valence-electron chi connectivity index (χ0n) is 18.2. The van der Waals surface area contributed by atoms with Crippen LogP contribution >= 0.6 is 0 Å². The molecule has 2 N–H and O–H groups in total. The van der Waals surface area contributed by atoms with E-state index in [0.717, 1.165) is 60.3 Å². The average Bonchev–Trinajstić information content (AvgIpc) is 3.11. The summed E-state index contributed by atoms with van der Waals surface area (Å²) in [5.74, 6) is 3.69. The van der Waals surface area contributed by atoms with Gasteiger partial charge in [-0.3, -0.25) is 0 Å². The Morgan fingerprint density at radius 2 is 2.10 bits per heavy atom. The minimum Gasteiger partial charge on any atom is -0.363 e. The van der Waals surface area contributed by atoms with Crippen LogP contribution in [0.3, 0.4) is 0 Å². The highest BCUT2D eigenvalue weighted by molar-refractivity contribution is 5.85. The Hall–Kier alpha value is -3.16. The number of hydrogen-bond donors (Lipinski definition) is 2. The van der Waals surface area contributed by atoms with Gasteiger partial charge in [-0.2, -0.15) is 5.10 Å². The molecule has 0 saturated carbocycles. The standard InChI is InChI=1S/C22H30N8/c1-5-23-22(26-17-10-11-20-25-15(2)28-30(20)14-17)24-13-16-12-21(29(3)4)27-19-9-7-6-8-18(16)19/h6-9,12,17H,5,10-11,13-14H2,1-4H3,(H2,23,24,26). The van der Waals surface area contributed by atoms with E-state index in [1.165, 1.54) is 5.56 Å². The molecule has 1 aromatic carbocycles. The smallest absolute Gasteiger partial charge is 0.191 e. The number of pyridine rings is 1. The lowest BCUT2D eigenvalue weighted by Crippen LogP contribution is -2.47. The van der Waals surface area contributed by atoms with Gasteiger partial charge in [0.15, 0.2) is 5.96 Å². The second kappa shape index (κ2) is 8.69. The number of anilines is 1. The van der Waals surface area contributed by atoms with Gasteiger partial charge in [0.25, 0.3) is 0 Å². The molecule has 8 nitrogen and oxygen atoms in total. The summed E-state index contributed by atoms with van der Waals surface area (Å²) in [7, 11) is 4.03. The van der Waals surface area contributed by atoms with Crippen LogP contribution in [0.4, 0.5) is 5.82 Å². The first kappa shape index (κ1) is 20.1. The molecule has 0 saturated heterocycles. The van der Waals surface area contributed by atoms with Crippen LogP contribution < -0.4 is 15.5 Å². The molecule has 0 bridgehead atoms. The maximum Gasteiger partial charge on any atom is 0.191 e. The van der Waals surface area contributed by atoms with Crippen LogP contribution in [0.5, 0.6) is 0 Å². The van der Waals surface area contributed by atoms with Crippen LogP contribution in [0.1, 0.15) is 30.6 Å². The van der Waals surface area contributed by atoms with Gasteiger partial charge in [-0.25, -0.2) is 19.6 Å². The predicted molar refractivity (Wildman–Crippen MR) is 121 cm³/mol. The lowest BCUT2D eigenvalue weighted by molar-refractivity contribution is 0.392. The molecule has 1 aliphatic rings. The number of hydrogen-bond acceptors (Lipinski definition) is 5. The molecule has 2 aromatic heterocycles. The Morgan fingerprint density at radius 1 is 1.27 bits per heavy atom. The molecule has 158 valence electrons. The van der Waals surface area contributed by atoms with Crippen LogP contribution in [0.25, 0.3) is 10.9 Å². The molecule has 1 unspecified atom stereocenters. The van der Waals surface area contributed by atoms with Crippen LogP contribution in [0.15, 0.2) is 35.3 Å². The largest absolute Gasteiger partial charge is 0.363 e. The van der Waals surface area contributed by atoms with Crippen molar-refractivity contribution in [2.45, 2.75) is 45.8 Å². The van der Waals surface area contributed by atoms with Gasteiger partial charge < -0.3 is 15.5 Å². The number of guanidine groups is 1. The monoisotopic (exact) mass is 406 g/mol. The van der Waals surface area contributed by atoms with E-state index in [1.54, 1.807) is 0 Å². The summed E-state index contributed by atoms with van der Waals surface area (Å²) in [6.45, 7) is 6.23. The molecule has 3 aromatic rings. The second-order valence-corrected chi connectivity index (χ2v) is 7.88. The molecule has 0 radical (unpaired) electrons. The van der Waals surface area contributed by atoms with E-state index >= 15 is 0 Å². The molecule has 4 rings (SSSR count). The molecular weight excluding hydrogens is 376 g/mol. The lowest BCUT2D eigenvalue weighted by atomic mass is 10.1. The summed E-state index contributed by atoms with van der Waals surface area (Å²) in [4.78, 5) is 16.2. The van der Waals surface area contributed by atoms with Crippen molar-refractivity contribution in [1.82, 2.24) is 30.4 Å². The van der Waals surface area contributed by atoms with Gasteiger partial charge in [-0.15, -0.1) is 0 Å². The predicted octanol–water partition coefficient (Wildman–Crippen LogP) is 2.27. The zero-order chi connectivity index (χ0) is 21.1. The van der Waals surface area contributed by atoms with Gasteiger partial charge in [0.1, 0.15) is 17.5 Å². The topological polar surface area (TPSA) is 83.3 Å². The van der Waals surface area contributed by atoms with E-state index in [9.17, 15) is 0 Å². The molecule has 0 spiro atoms. The molecule has 1 atom stereocenters. The fourth-order valence-electron chi connectivity index (χ4n) is 3.82. The van der Waals surface area contributed by atoms with Crippen molar-refractivity contribution in [3.63, 3.8) is 0 Å². The first-order valence-electron chi connectivity index (χ1n) is 10.5. The number of aromatic nitrogens is 4. The number of para-hydroxylation sites is 1. The third-order valence-corrected chi connectivity index (χ3v) is 5.30. The first-order chi connectivity index (χ1) is 14.5. The maximum atomic E-state index is 4.89. The number of aliphatic imine (C=N–C) groups is 1. The van der Waals surface area contributed by atoms with E-state index in [1.807, 2.05) is 36.7 Å². The Morgan fingerprint density at radius 3 is 2.90 bits per heavy atom. The summed E-state index contributed by atoms with van der Waals surface area (Å²) in [6, 6.07) is 10.6. The third-order valence-electron chi connectivity index (χ3n) is 5.30. The molecule has 8 heteroatoms. The lowest BCUT2D eigenvalue weighted by Gasteiger charge is -2.25. The Labute approximate surface area is 177 Å². The fraction of sp³-hybridized carbons (Fsp3) is 0.455. The normalized spacial score (nSPS) is 16.4. The quantitative estimate of drug-likeness (QED) is 0.500. The maximum absolute atomic E-state index is 4.89. The highest BCUT2D eigenvalue weighted by atomic mass is 15.4. The highest BCUT2D eigenvalue weighted by Gasteiger charge is 2.21. The van der Waals surface area contributed by atoms with Crippen molar-refractivity contribution in [1.29, 1.82) is 0 Å². The van der Waals surface area contributed by atoms with Crippen molar-refractivity contribution >= 4 is 22.7 Å². The summed E-state index contributed by atoms with van der Waals surface area (Å²) in [6.07, 6.45) is 1.95. The number of fused-ring (bicyclic) bond motifs is 2. The van der Waals surface area contributed by atoms with E-state index < -0.39 is 0 Å². The summed E-state index contributed by atoms with van der Waals surface area (Å²) in [5.41, 5.74) is 2.16. The number of nitrogens with zero attached hydrogens (tertiary/aromatic N) is 6. The van der Waals surface area contributed by atoms with Gasteiger partial charge in [0.05, 0.1) is 18.6 Å². The van der Waals surface area contributed by atoms with Crippen LogP contribution in [-0.2, 0) is 19.5 Å². The fourth-order valence-corrected chi connectivity index (χ4v) is 3.82. The molecule has 1 aliphatic heterocycles. The molecule has 0 aliphatic carbocycles.